The van der Waals surface area contributed by atoms with E-state index in [-0.39, 0.29) is 32.3 Å². The lowest BCUT2D eigenvalue weighted by Gasteiger charge is -2.31. The van der Waals surface area contributed by atoms with Gasteiger partial charge in [0.25, 0.3) is 0 Å². The molecule has 0 radical (unpaired) electrons. The highest BCUT2D eigenvalue weighted by Gasteiger charge is 2.40. The van der Waals surface area contributed by atoms with E-state index >= 15 is 0 Å². The Morgan fingerprint density at radius 3 is 2.43 bits per heavy atom. The topological polar surface area (TPSA) is 75.6 Å². The number of hydrogen-bond acceptors (Lipinski definition) is 3. The summed E-state index contributed by atoms with van der Waals surface area (Å²) in [5.41, 5.74) is 0.770. The van der Waals surface area contributed by atoms with E-state index in [1.807, 2.05) is 6.07 Å². The van der Waals surface area contributed by atoms with E-state index in [0.717, 1.165) is 5.56 Å². The third kappa shape index (κ3) is 5.19. The number of alkyl carbamates (subject to hydrolysis) is 1. The highest BCUT2D eigenvalue weighted by Crippen LogP contribution is 2.37. The lowest BCUT2D eigenvalue weighted by Crippen LogP contribution is -2.48. The molecule has 1 aliphatic carbocycles. The van der Waals surface area contributed by atoms with Crippen LogP contribution in [0.1, 0.15) is 31.2 Å². The largest absolute Gasteiger partial charge is 0.480 e. The molecule has 0 aromatic heterocycles. The Morgan fingerprint density at radius 1 is 1.26 bits per heavy atom. The first-order valence-electron chi connectivity index (χ1n) is 7.45. The molecular formula is C16H19F2NO4. The van der Waals surface area contributed by atoms with E-state index < -0.39 is 29.9 Å². The third-order valence-electron chi connectivity index (χ3n) is 3.99. The van der Waals surface area contributed by atoms with Crippen LogP contribution in [0.2, 0.25) is 0 Å². The van der Waals surface area contributed by atoms with Gasteiger partial charge < -0.3 is 15.2 Å². The van der Waals surface area contributed by atoms with Gasteiger partial charge in [-0.15, -0.1) is 0 Å². The molecule has 23 heavy (non-hydrogen) atoms. The van der Waals surface area contributed by atoms with Crippen molar-refractivity contribution in [1.29, 1.82) is 0 Å². The van der Waals surface area contributed by atoms with Crippen molar-refractivity contribution < 1.29 is 28.2 Å². The van der Waals surface area contributed by atoms with Crippen LogP contribution in [0.4, 0.5) is 13.6 Å². The fourth-order valence-electron chi connectivity index (χ4n) is 2.67. The van der Waals surface area contributed by atoms with Crippen molar-refractivity contribution in [2.24, 2.45) is 5.92 Å². The molecule has 1 amide bonds. The fraction of sp³-hybridized carbons (Fsp3) is 0.500. The second-order valence-corrected chi connectivity index (χ2v) is 5.72. The highest BCUT2D eigenvalue weighted by molar-refractivity contribution is 5.80. The molecular weight excluding hydrogens is 308 g/mol. The second kappa shape index (κ2) is 7.39. The number of rotatable bonds is 5. The lowest BCUT2D eigenvalue weighted by molar-refractivity contribution is -0.142. The Kier molecular flexibility index (Phi) is 5.52. The summed E-state index contributed by atoms with van der Waals surface area (Å²) in [6, 6.07) is 7.73. The minimum absolute atomic E-state index is 0.0156. The van der Waals surface area contributed by atoms with Gasteiger partial charge >= 0.3 is 12.1 Å². The molecule has 1 fully saturated rings. The van der Waals surface area contributed by atoms with Crippen molar-refractivity contribution >= 4 is 12.1 Å². The van der Waals surface area contributed by atoms with Crippen LogP contribution in [-0.4, -0.2) is 29.1 Å². The summed E-state index contributed by atoms with van der Waals surface area (Å²) in [4.78, 5) is 23.1. The van der Waals surface area contributed by atoms with Gasteiger partial charge in [0.1, 0.15) is 12.6 Å². The number of carboxylic acid groups (broad SMARTS) is 1. The standard InChI is InChI=1S/C16H19F2NO4/c17-16(18)8-6-12(7-9-16)13(14(20)21)19-15(22)23-10-11-4-2-1-3-5-11/h1-5,12-13H,6-10H2,(H,19,22)(H,20,21). The summed E-state index contributed by atoms with van der Waals surface area (Å²) >= 11 is 0. The minimum atomic E-state index is -2.74. The number of carbonyl (C=O) groups excluding carboxylic acids is 1. The van der Waals surface area contributed by atoms with Gasteiger partial charge in [0.15, 0.2) is 0 Å². The maximum Gasteiger partial charge on any atom is 0.408 e. The summed E-state index contributed by atoms with van der Waals surface area (Å²) in [5.74, 6) is -4.50. The third-order valence-corrected chi connectivity index (χ3v) is 3.99. The maximum absolute atomic E-state index is 13.2. The van der Waals surface area contributed by atoms with E-state index in [9.17, 15) is 23.5 Å². The Bertz CT molecular complexity index is 540. The number of halogens is 2. The first-order valence-corrected chi connectivity index (χ1v) is 7.45. The quantitative estimate of drug-likeness (QED) is 0.871. The van der Waals surface area contributed by atoms with E-state index in [4.69, 9.17) is 4.74 Å². The monoisotopic (exact) mass is 327 g/mol. The number of hydrogen-bond donors (Lipinski definition) is 2. The predicted octanol–water partition coefficient (Wildman–Crippen LogP) is 3.19. The Labute approximate surface area is 132 Å². The number of alkyl halides is 2. The molecule has 0 bridgehead atoms. The molecule has 1 aromatic carbocycles. The average Bonchev–Trinajstić information content (AvgIpc) is 2.52. The molecule has 1 aromatic rings. The van der Waals surface area contributed by atoms with Gasteiger partial charge in [-0.25, -0.2) is 18.4 Å². The Balaban J connectivity index is 1.87. The summed E-state index contributed by atoms with van der Waals surface area (Å²) in [6.07, 6.45) is -1.46. The molecule has 1 atom stereocenters. The average molecular weight is 327 g/mol. The summed E-state index contributed by atoms with van der Waals surface area (Å²) in [6.45, 7) is 0.0156. The predicted molar refractivity (Wildman–Crippen MR) is 78.1 cm³/mol. The molecule has 1 saturated carbocycles. The Morgan fingerprint density at radius 2 is 1.87 bits per heavy atom. The number of aliphatic carboxylic acids is 1. The van der Waals surface area contributed by atoms with Crippen LogP contribution in [0.5, 0.6) is 0 Å². The van der Waals surface area contributed by atoms with Crippen molar-refractivity contribution in [1.82, 2.24) is 5.32 Å². The smallest absolute Gasteiger partial charge is 0.408 e. The van der Waals surface area contributed by atoms with Gasteiger partial charge in [0, 0.05) is 12.8 Å². The van der Waals surface area contributed by atoms with Gasteiger partial charge in [0.2, 0.25) is 5.92 Å². The van der Waals surface area contributed by atoms with E-state index in [1.165, 1.54) is 0 Å². The van der Waals surface area contributed by atoms with Crippen LogP contribution in [0, 0.1) is 5.92 Å². The fourth-order valence-corrected chi connectivity index (χ4v) is 2.67. The van der Waals surface area contributed by atoms with Crippen LogP contribution in [0.15, 0.2) is 30.3 Å². The molecule has 0 heterocycles. The number of carbonyl (C=O) groups is 2. The maximum atomic E-state index is 13.2. The van der Waals surface area contributed by atoms with Crippen molar-refractivity contribution in [2.45, 2.75) is 44.3 Å². The zero-order chi connectivity index (χ0) is 16.9. The zero-order valence-corrected chi connectivity index (χ0v) is 12.5. The minimum Gasteiger partial charge on any atom is -0.480 e. The number of carboxylic acids is 1. The number of nitrogens with one attached hydrogen (secondary N) is 1. The number of benzene rings is 1. The van der Waals surface area contributed by atoms with Gasteiger partial charge in [-0.1, -0.05) is 30.3 Å². The summed E-state index contributed by atoms with van der Waals surface area (Å²) in [5, 5.41) is 11.5. The van der Waals surface area contributed by atoms with Gasteiger partial charge in [-0.2, -0.15) is 0 Å². The molecule has 2 rings (SSSR count). The molecule has 126 valence electrons. The Hall–Kier alpha value is -2.18. The number of amides is 1. The van der Waals surface area contributed by atoms with Crippen LogP contribution in [-0.2, 0) is 16.1 Å². The van der Waals surface area contributed by atoms with Crippen molar-refractivity contribution in [3.05, 3.63) is 35.9 Å². The zero-order valence-electron chi connectivity index (χ0n) is 12.5. The molecule has 7 heteroatoms. The van der Waals surface area contributed by atoms with E-state index in [2.05, 4.69) is 5.32 Å². The number of ether oxygens (including phenoxy) is 1. The van der Waals surface area contributed by atoms with Crippen LogP contribution in [0.3, 0.4) is 0 Å². The molecule has 0 spiro atoms. The molecule has 1 unspecified atom stereocenters. The SMILES string of the molecule is O=C(NC(C(=O)O)C1CCC(F)(F)CC1)OCc1ccccc1. The van der Waals surface area contributed by atoms with Gasteiger partial charge in [-0.05, 0) is 24.3 Å². The van der Waals surface area contributed by atoms with E-state index in [1.54, 1.807) is 24.3 Å². The lowest BCUT2D eigenvalue weighted by atomic mass is 9.82. The first-order chi connectivity index (χ1) is 10.9. The molecule has 2 N–H and O–H groups in total. The van der Waals surface area contributed by atoms with Gasteiger partial charge in [0.05, 0.1) is 0 Å². The summed E-state index contributed by atoms with van der Waals surface area (Å²) < 4.78 is 31.3. The van der Waals surface area contributed by atoms with Crippen LogP contribution in [0.25, 0.3) is 0 Å². The second-order valence-electron chi connectivity index (χ2n) is 5.72. The molecule has 0 aliphatic heterocycles. The summed E-state index contributed by atoms with van der Waals surface area (Å²) in [7, 11) is 0. The first kappa shape index (κ1) is 17.2. The molecule has 1 aliphatic rings. The van der Waals surface area contributed by atoms with Crippen molar-refractivity contribution in [3.8, 4) is 0 Å². The molecule has 0 saturated heterocycles. The van der Waals surface area contributed by atoms with E-state index in [0.29, 0.717) is 0 Å². The van der Waals surface area contributed by atoms with Crippen LogP contribution >= 0.6 is 0 Å². The molecule has 5 nitrogen and oxygen atoms in total. The van der Waals surface area contributed by atoms with Crippen molar-refractivity contribution in [2.75, 3.05) is 0 Å². The van der Waals surface area contributed by atoms with Crippen molar-refractivity contribution in [3.63, 3.8) is 0 Å². The normalized spacial score (nSPS) is 18.9. The highest BCUT2D eigenvalue weighted by atomic mass is 19.3. The van der Waals surface area contributed by atoms with Crippen LogP contribution < -0.4 is 5.32 Å². The van der Waals surface area contributed by atoms with Gasteiger partial charge in [-0.3, -0.25) is 0 Å².